The van der Waals surface area contributed by atoms with Crippen molar-refractivity contribution in [2.45, 2.75) is 20.8 Å². The van der Waals surface area contributed by atoms with E-state index >= 15 is 0 Å². The Kier molecular flexibility index (Phi) is 6.12. The Morgan fingerprint density at radius 1 is 1.26 bits per heavy atom. The number of rotatable bonds is 7. The van der Waals surface area contributed by atoms with Gasteiger partial charge in [-0.05, 0) is 56.2 Å². The normalized spacial score (nSPS) is 11.6. The summed E-state index contributed by atoms with van der Waals surface area (Å²) in [6.07, 6.45) is 3.33. The summed E-state index contributed by atoms with van der Waals surface area (Å²) in [5.41, 5.74) is 13.8. The Bertz CT molecular complexity index is 1220. The minimum atomic E-state index is -0.515. The number of carbonyl (C=O) groups is 1. The van der Waals surface area contributed by atoms with Gasteiger partial charge in [0.2, 0.25) is 0 Å². The molecule has 2 heterocycles. The van der Waals surface area contributed by atoms with Crippen LogP contribution in [-0.4, -0.2) is 15.9 Å². The van der Waals surface area contributed by atoms with Crippen LogP contribution in [0.5, 0.6) is 0 Å². The van der Waals surface area contributed by atoms with Gasteiger partial charge in [0.1, 0.15) is 17.1 Å². The molecule has 3 rings (SSSR count). The van der Waals surface area contributed by atoms with Crippen molar-refractivity contribution in [1.82, 2.24) is 9.97 Å². The molecule has 0 bridgehead atoms. The van der Waals surface area contributed by atoms with Crippen LogP contribution in [0, 0.1) is 6.92 Å². The van der Waals surface area contributed by atoms with Crippen LogP contribution in [0.3, 0.4) is 0 Å². The number of aryl methyl sites for hydroxylation is 1. The summed E-state index contributed by atoms with van der Waals surface area (Å²) >= 11 is 0. The summed E-state index contributed by atoms with van der Waals surface area (Å²) in [5.74, 6) is 5.94. The highest BCUT2D eigenvalue weighted by molar-refractivity contribution is 6.06. The quantitative estimate of drug-likeness (QED) is 0.170. The van der Waals surface area contributed by atoms with Crippen molar-refractivity contribution in [3.8, 4) is 11.1 Å². The minimum absolute atomic E-state index is 0.0572. The first-order valence-corrected chi connectivity index (χ1v) is 9.58. The van der Waals surface area contributed by atoms with Gasteiger partial charge in [-0.25, -0.2) is 4.98 Å². The highest BCUT2D eigenvalue weighted by atomic mass is 16.5. The second kappa shape index (κ2) is 8.76. The van der Waals surface area contributed by atoms with Gasteiger partial charge in [0.15, 0.2) is 0 Å². The van der Waals surface area contributed by atoms with Crippen molar-refractivity contribution in [3.05, 3.63) is 72.1 Å². The van der Waals surface area contributed by atoms with E-state index < -0.39 is 5.91 Å². The van der Waals surface area contributed by atoms with Crippen LogP contribution in [0.2, 0.25) is 0 Å². The summed E-state index contributed by atoms with van der Waals surface area (Å²) < 4.78 is 5.35. The Morgan fingerprint density at radius 2 is 1.97 bits per heavy atom. The number of fused-ring (bicyclic) bond motifs is 1. The first kappa shape index (κ1) is 21.7. The van der Waals surface area contributed by atoms with Crippen LogP contribution in [0.4, 0.5) is 11.4 Å². The molecule has 7 N–H and O–H groups in total. The zero-order chi connectivity index (χ0) is 22.7. The number of nitrogens with one attached hydrogen (secondary N) is 3. The molecule has 0 unspecified atom stereocenters. The Balaban J connectivity index is 2.11. The van der Waals surface area contributed by atoms with Gasteiger partial charge in [-0.2, -0.15) is 0 Å². The Labute approximate surface area is 180 Å². The molecular weight excluding hydrogens is 392 g/mol. The van der Waals surface area contributed by atoms with Crippen LogP contribution < -0.4 is 22.3 Å². The molecule has 3 aromatic rings. The molecule has 160 valence electrons. The molecular formula is C23H26N6O2. The summed E-state index contributed by atoms with van der Waals surface area (Å²) in [6.45, 7) is 12.7. The maximum atomic E-state index is 12.8. The van der Waals surface area contributed by atoms with Crippen molar-refractivity contribution in [1.29, 1.82) is 0 Å². The second-order valence-electron chi connectivity index (χ2n) is 7.13. The fourth-order valence-corrected chi connectivity index (χ4v) is 3.33. The standard InChI is InChI=1S/C23H26N6O2/c1-6-16-19(28-23(30)21(24)14(5)31-12(2)3)10-15(11-20(16)29-25)17-7-8-26-22-18(17)9-13(4)27-22/h6-11,29H,1-2,24-25H2,3-5H3,(H,26,27)(H,28,30)/b21-14-. The first-order valence-electron chi connectivity index (χ1n) is 9.58. The number of nitrogen functional groups attached to an aromatic ring is 1. The van der Waals surface area contributed by atoms with E-state index in [4.69, 9.17) is 16.3 Å². The molecule has 0 aliphatic carbocycles. The van der Waals surface area contributed by atoms with Crippen molar-refractivity contribution >= 4 is 34.4 Å². The Morgan fingerprint density at radius 3 is 2.61 bits per heavy atom. The van der Waals surface area contributed by atoms with Crippen LogP contribution >= 0.6 is 0 Å². The molecule has 1 aromatic carbocycles. The average molecular weight is 419 g/mol. The molecule has 0 spiro atoms. The van der Waals surface area contributed by atoms with E-state index in [1.165, 1.54) is 0 Å². The monoisotopic (exact) mass is 418 g/mol. The zero-order valence-corrected chi connectivity index (χ0v) is 17.8. The molecule has 2 aromatic heterocycles. The van der Waals surface area contributed by atoms with Gasteiger partial charge in [0.25, 0.3) is 5.91 Å². The summed E-state index contributed by atoms with van der Waals surface area (Å²) in [7, 11) is 0. The van der Waals surface area contributed by atoms with Crippen LogP contribution in [0.25, 0.3) is 28.2 Å². The smallest absolute Gasteiger partial charge is 0.275 e. The number of allylic oxidation sites excluding steroid dienone is 2. The lowest BCUT2D eigenvalue weighted by Crippen LogP contribution is -2.23. The molecule has 0 fully saturated rings. The van der Waals surface area contributed by atoms with E-state index in [0.717, 1.165) is 27.9 Å². The molecule has 0 aliphatic rings. The van der Waals surface area contributed by atoms with Gasteiger partial charge in [-0.3, -0.25) is 10.6 Å². The predicted octanol–water partition coefficient (Wildman–Crippen LogP) is 4.15. The lowest BCUT2D eigenvalue weighted by molar-refractivity contribution is -0.113. The van der Waals surface area contributed by atoms with Gasteiger partial charge in [-0.15, -0.1) is 0 Å². The fraction of sp³-hybridized carbons (Fsp3) is 0.130. The number of anilines is 2. The molecule has 8 nitrogen and oxygen atoms in total. The number of hydrogen-bond acceptors (Lipinski definition) is 6. The van der Waals surface area contributed by atoms with Crippen molar-refractivity contribution in [3.63, 3.8) is 0 Å². The number of nitrogens with zero attached hydrogens (tertiary/aromatic N) is 1. The van der Waals surface area contributed by atoms with Crippen LogP contribution in [0.15, 0.2) is 60.8 Å². The summed E-state index contributed by atoms with van der Waals surface area (Å²) in [4.78, 5) is 20.4. The summed E-state index contributed by atoms with van der Waals surface area (Å²) in [5, 5.41) is 3.79. The lowest BCUT2D eigenvalue weighted by Gasteiger charge is -2.17. The zero-order valence-electron chi connectivity index (χ0n) is 17.8. The number of benzene rings is 1. The van der Waals surface area contributed by atoms with Gasteiger partial charge < -0.3 is 26.2 Å². The van der Waals surface area contributed by atoms with Crippen molar-refractivity contribution in [2.24, 2.45) is 11.6 Å². The van der Waals surface area contributed by atoms with Crippen LogP contribution in [0.1, 0.15) is 25.1 Å². The number of carbonyl (C=O) groups excluding carboxylic acids is 1. The minimum Gasteiger partial charge on any atom is -0.465 e. The third-order valence-corrected chi connectivity index (χ3v) is 4.72. The van der Waals surface area contributed by atoms with E-state index in [2.05, 4.69) is 33.9 Å². The number of hydrazine groups is 1. The van der Waals surface area contributed by atoms with E-state index in [1.807, 2.05) is 31.2 Å². The SMILES string of the molecule is C=Cc1c(NN)cc(-c2ccnc3[nH]c(C)cc23)cc1NC(=O)/C(N)=C(\C)OC(=C)C. The van der Waals surface area contributed by atoms with E-state index in [1.54, 1.807) is 26.1 Å². The van der Waals surface area contributed by atoms with E-state index in [0.29, 0.717) is 22.7 Å². The first-order chi connectivity index (χ1) is 14.7. The molecule has 0 aliphatic heterocycles. The number of aromatic amines is 1. The maximum absolute atomic E-state index is 12.8. The third-order valence-electron chi connectivity index (χ3n) is 4.72. The largest absolute Gasteiger partial charge is 0.465 e. The molecule has 31 heavy (non-hydrogen) atoms. The van der Waals surface area contributed by atoms with Gasteiger partial charge >= 0.3 is 0 Å². The number of pyridine rings is 1. The number of hydrogen-bond donors (Lipinski definition) is 5. The van der Waals surface area contributed by atoms with Gasteiger partial charge in [0.05, 0.1) is 17.1 Å². The molecule has 0 saturated carbocycles. The number of nitrogens with two attached hydrogens (primary N) is 2. The maximum Gasteiger partial charge on any atom is 0.275 e. The Hall–Kier alpha value is -4.04. The second-order valence-corrected chi connectivity index (χ2v) is 7.13. The fourth-order valence-electron chi connectivity index (χ4n) is 3.33. The van der Waals surface area contributed by atoms with Crippen molar-refractivity contribution < 1.29 is 9.53 Å². The molecule has 0 saturated heterocycles. The van der Waals surface area contributed by atoms with E-state index in [9.17, 15) is 4.79 Å². The van der Waals surface area contributed by atoms with Gasteiger partial charge in [0, 0.05) is 22.8 Å². The number of ether oxygens (including phenoxy) is 1. The van der Waals surface area contributed by atoms with Crippen LogP contribution in [-0.2, 0) is 9.53 Å². The average Bonchev–Trinajstić information content (AvgIpc) is 3.12. The molecule has 1 amide bonds. The predicted molar refractivity (Wildman–Crippen MR) is 126 cm³/mol. The summed E-state index contributed by atoms with van der Waals surface area (Å²) in [6, 6.07) is 7.66. The lowest BCUT2D eigenvalue weighted by atomic mass is 9.99. The van der Waals surface area contributed by atoms with E-state index in [-0.39, 0.29) is 11.5 Å². The number of aromatic nitrogens is 2. The number of amides is 1. The third kappa shape index (κ3) is 4.44. The highest BCUT2D eigenvalue weighted by Crippen LogP contribution is 2.35. The topological polar surface area (TPSA) is 131 Å². The molecule has 0 atom stereocenters. The highest BCUT2D eigenvalue weighted by Gasteiger charge is 2.17. The van der Waals surface area contributed by atoms with Gasteiger partial charge in [-0.1, -0.05) is 19.2 Å². The molecule has 8 heteroatoms. The molecule has 0 radical (unpaired) electrons. The van der Waals surface area contributed by atoms with Crippen molar-refractivity contribution in [2.75, 3.05) is 10.7 Å². The number of H-pyrrole nitrogens is 1.